The molecule has 0 amide bonds. The number of guanidine groups is 1. The molecule has 6 heteroatoms. The van der Waals surface area contributed by atoms with Crippen molar-refractivity contribution < 1.29 is 4.39 Å². The topological polar surface area (TPSA) is 52.6 Å². The number of nitrogens with zero attached hydrogens (tertiary/aromatic N) is 3. The summed E-state index contributed by atoms with van der Waals surface area (Å²) in [5, 5.41) is 6.80. The van der Waals surface area contributed by atoms with Crippen LogP contribution in [0.3, 0.4) is 0 Å². The number of pyridine rings is 1. The van der Waals surface area contributed by atoms with Gasteiger partial charge in [-0.15, -0.1) is 0 Å². The summed E-state index contributed by atoms with van der Waals surface area (Å²) in [6.45, 7) is 4.44. The first-order valence-electron chi connectivity index (χ1n) is 9.04. The second-order valence-electron chi connectivity index (χ2n) is 6.56. The number of aryl methyl sites for hydroxylation is 1. The lowest BCUT2D eigenvalue weighted by atomic mass is 10.1. The number of hydrogen-bond donors (Lipinski definition) is 2. The van der Waals surface area contributed by atoms with Crippen molar-refractivity contribution in [1.29, 1.82) is 0 Å². The molecular weight excluding hydrogens is 329 g/mol. The van der Waals surface area contributed by atoms with E-state index in [1.54, 1.807) is 19.3 Å². The van der Waals surface area contributed by atoms with Crippen molar-refractivity contribution in [2.24, 2.45) is 4.99 Å². The highest BCUT2D eigenvalue weighted by molar-refractivity contribution is 5.80. The number of nitrogens with one attached hydrogen (secondary N) is 2. The predicted octanol–water partition coefficient (Wildman–Crippen LogP) is 2.52. The summed E-state index contributed by atoms with van der Waals surface area (Å²) < 4.78 is 13.9. The van der Waals surface area contributed by atoms with Gasteiger partial charge in [0.2, 0.25) is 0 Å². The van der Waals surface area contributed by atoms with Crippen LogP contribution in [0.25, 0.3) is 0 Å². The first-order valence-corrected chi connectivity index (χ1v) is 9.04. The summed E-state index contributed by atoms with van der Waals surface area (Å²) in [5.41, 5.74) is 2.65. The largest absolute Gasteiger partial charge is 0.356 e. The number of anilines is 1. The Hall–Kier alpha value is -2.63. The Morgan fingerprint density at radius 3 is 2.92 bits per heavy atom. The third-order valence-corrected chi connectivity index (χ3v) is 4.74. The van der Waals surface area contributed by atoms with E-state index in [1.165, 1.54) is 17.2 Å². The van der Waals surface area contributed by atoms with Crippen LogP contribution in [0.5, 0.6) is 0 Å². The minimum absolute atomic E-state index is 0.223. The van der Waals surface area contributed by atoms with Gasteiger partial charge < -0.3 is 15.5 Å². The third-order valence-electron chi connectivity index (χ3n) is 4.74. The maximum absolute atomic E-state index is 13.9. The Labute approximate surface area is 154 Å². The lowest BCUT2D eigenvalue weighted by Gasteiger charge is -2.20. The van der Waals surface area contributed by atoms with Gasteiger partial charge in [0.25, 0.3) is 0 Å². The Kier molecular flexibility index (Phi) is 6.04. The first-order chi connectivity index (χ1) is 12.7. The molecule has 0 spiro atoms. The van der Waals surface area contributed by atoms with E-state index in [2.05, 4.69) is 51.8 Å². The van der Waals surface area contributed by atoms with E-state index in [4.69, 9.17) is 0 Å². The van der Waals surface area contributed by atoms with Crippen LogP contribution in [0.2, 0.25) is 0 Å². The fourth-order valence-electron chi connectivity index (χ4n) is 3.27. The second kappa shape index (κ2) is 8.65. The minimum atomic E-state index is -0.270. The number of benzene rings is 1. The van der Waals surface area contributed by atoms with E-state index < -0.39 is 0 Å². The Morgan fingerprint density at radius 2 is 2.15 bits per heavy atom. The normalized spacial score (nSPS) is 17.4. The second-order valence-corrected chi connectivity index (χ2v) is 6.56. The third kappa shape index (κ3) is 4.50. The number of aromatic nitrogens is 1. The van der Waals surface area contributed by atoms with Gasteiger partial charge in [-0.1, -0.05) is 24.3 Å². The van der Waals surface area contributed by atoms with E-state index in [9.17, 15) is 4.39 Å². The fourth-order valence-corrected chi connectivity index (χ4v) is 3.27. The summed E-state index contributed by atoms with van der Waals surface area (Å²) >= 11 is 0. The highest BCUT2D eigenvalue weighted by Gasteiger charge is 2.25. The van der Waals surface area contributed by atoms with Gasteiger partial charge in [0.1, 0.15) is 0 Å². The molecule has 2 N–H and O–H groups in total. The van der Waals surface area contributed by atoms with E-state index in [0.29, 0.717) is 12.4 Å². The molecule has 1 aliphatic rings. The van der Waals surface area contributed by atoms with Gasteiger partial charge in [-0.05, 0) is 43.0 Å². The van der Waals surface area contributed by atoms with E-state index in [-0.39, 0.29) is 11.9 Å². The van der Waals surface area contributed by atoms with Crippen LogP contribution in [0.4, 0.5) is 10.2 Å². The molecule has 2 heterocycles. The zero-order chi connectivity index (χ0) is 18.4. The molecule has 1 atom stereocenters. The van der Waals surface area contributed by atoms with Crippen molar-refractivity contribution in [2.75, 3.05) is 31.6 Å². The molecule has 5 nitrogen and oxygen atoms in total. The van der Waals surface area contributed by atoms with Crippen molar-refractivity contribution in [1.82, 2.24) is 15.6 Å². The summed E-state index contributed by atoms with van der Waals surface area (Å²) in [5.74, 6) is 0.945. The van der Waals surface area contributed by atoms with E-state index >= 15 is 0 Å². The van der Waals surface area contributed by atoms with Gasteiger partial charge in [0, 0.05) is 38.9 Å². The van der Waals surface area contributed by atoms with Crippen LogP contribution < -0.4 is 15.5 Å². The van der Waals surface area contributed by atoms with Gasteiger partial charge in [0.15, 0.2) is 17.6 Å². The summed E-state index contributed by atoms with van der Waals surface area (Å²) in [6.07, 6.45) is 3.50. The molecule has 138 valence electrons. The number of hydrogen-bond acceptors (Lipinski definition) is 3. The zero-order valence-electron chi connectivity index (χ0n) is 15.4. The maximum atomic E-state index is 13.9. The van der Waals surface area contributed by atoms with Crippen LogP contribution in [0, 0.1) is 12.7 Å². The van der Waals surface area contributed by atoms with Crippen LogP contribution in [-0.2, 0) is 6.42 Å². The molecule has 0 bridgehead atoms. The van der Waals surface area contributed by atoms with E-state index in [0.717, 1.165) is 31.9 Å². The van der Waals surface area contributed by atoms with Crippen molar-refractivity contribution in [3.05, 3.63) is 59.5 Å². The summed E-state index contributed by atoms with van der Waals surface area (Å²) in [6, 6.07) is 11.7. The van der Waals surface area contributed by atoms with Gasteiger partial charge in [0.05, 0.1) is 0 Å². The molecule has 1 unspecified atom stereocenters. The minimum Gasteiger partial charge on any atom is -0.356 e. The number of halogens is 1. The average molecular weight is 355 g/mol. The molecule has 0 aliphatic carbocycles. The highest BCUT2D eigenvalue weighted by atomic mass is 19.1. The smallest absolute Gasteiger partial charge is 0.191 e. The van der Waals surface area contributed by atoms with Gasteiger partial charge in [-0.2, -0.15) is 0 Å². The zero-order valence-corrected chi connectivity index (χ0v) is 15.4. The van der Waals surface area contributed by atoms with Crippen molar-refractivity contribution in [2.45, 2.75) is 25.8 Å². The molecule has 2 aromatic rings. The van der Waals surface area contributed by atoms with Crippen molar-refractivity contribution in [3.63, 3.8) is 0 Å². The molecule has 26 heavy (non-hydrogen) atoms. The summed E-state index contributed by atoms with van der Waals surface area (Å²) in [7, 11) is 1.77. The predicted molar refractivity (Wildman–Crippen MR) is 104 cm³/mol. The molecule has 1 aliphatic heterocycles. The highest BCUT2D eigenvalue weighted by Crippen LogP contribution is 2.20. The molecule has 0 radical (unpaired) electrons. The van der Waals surface area contributed by atoms with Crippen LogP contribution >= 0.6 is 0 Å². The lowest BCUT2D eigenvalue weighted by Crippen LogP contribution is -2.45. The Balaban J connectivity index is 1.48. The molecule has 1 aromatic carbocycles. The van der Waals surface area contributed by atoms with E-state index in [1.807, 2.05) is 4.90 Å². The Bertz CT molecular complexity index is 761. The molecular formula is C20H26FN5. The quantitative estimate of drug-likeness (QED) is 0.639. The fraction of sp³-hybridized carbons (Fsp3) is 0.400. The molecule has 1 aromatic heterocycles. The average Bonchev–Trinajstić information content (AvgIpc) is 3.11. The SMILES string of the molecule is CN=C(NCCc1ccccc1C)NC1CCN(c2ncccc2F)C1. The van der Waals surface area contributed by atoms with Crippen molar-refractivity contribution in [3.8, 4) is 0 Å². The summed E-state index contributed by atoms with van der Waals surface area (Å²) in [4.78, 5) is 10.4. The van der Waals surface area contributed by atoms with Crippen LogP contribution in [0.1, 0.15) is 17.5 Å². The lowest BCUT2D eigenvalue weighted by molar-refractivity contribution is 0.612. The number of aliphatic imine (C=N–C) groups is 1. The first kappa shape index (κ1) is 18.2. The van der Waals surface area contributed by atoms with Crippen molar-refractivity contribution >= 4 is 11.8 Å². The van der Waals surface area contributed by atoms with Crippen LogP contribution in [-0.4, -0.2) is 43.7 Å². The molecule has 1 saturated heterocycles. The maximum Gasteiger partial charge on any atom is 0.191 e. The molecule has 3 rings (SSSR count). The number of rotatable bonds is 5. The molecule has 1 fully saturated rings. The van der Waals surface area contributed by atoms with Gasteiger partial charge >= 0.3 is 0 Å². The van der Waals surface area contributed by atoms with Gasteiger partial charge in [-0.3, -0.25) is 4.99 Å². The van der Waals surface area contributed by atoms with Crippen LogP contribution in [0.15, 0.2) is 47.6 Å². The van der Waals surface area contributed by atoms with Gasteiger partial charge in [-0.25, -0.2) is 9.37 Å². The Morgan fingerprint density at radius 1 is 1.31 bits per heavy atom. The monoisotopic (exact) mass is 355 g/mol. The molecule has 0 saturated carbocycles. The standard InChI is InChI=1S/C20H26FN5/c1-15-6-3-4-7-16(15)9-12-24-20(22-2)25-17-10-13-26(14-17)19-18(21)8-5-11-23-19/h3-8,11,17H,9-10,12-14H2,1-2H3,(H2,22,24,25).